The van der Waals surface area contributed by atoms with Crippen LogP contribution in [0.4, 0.5) is 10.1 Å². The van der Waals surface area contributed by atoms with Gasteiger partial charge in [-0.1, -0.05) is 12.1 Å². The first-order chi connectivity index (χ1) is 16.3. The molecule has 172 valence electrons. The molecule has 4 rings (SSSR count). The number of carbonyl (C=O) groups is 3. The van der Waals surface area contributed by atoms with Crippen LogP contribution in [0.5, 0.6) is 5.75 Å². The molecule has 1 saturated heterocycles. The van der Waals surface area contributed by atoms with Crippen molar-refractivity contribution in [1.82, 2.24) is 0 Å². The van der Waals surface area contributed by atoms with Crippen LogP contribution in [0.25, 0.3) is 5.76 Å². The number of ketones is 1. The summed E-state index contributed by atoms with van der Waals surface area (Å²) < 4.78 is 18.4. The normalized spacial score (nSPS) is 17.1. The highest BCUT2D eigenvalue weighted by molar-refractivity contribution is 6.51. The zero-order valence-corrected chi connectivity index (χ0v) is 18.1. The van der Waals surface area contributed by atoms with Crippen molar-refractivity contribution in [2.24, 2.45) is 0 Å². The van der Waals surface area contributed by atoms with Crippen molar-refractivity contribution in [3.05, 3.63) is 101 Å². The number of aromatic hydroxyl groups is 1. The number of carbonyl (C=O) groups excluding carboxylic acids is 3. The van der Waals surface area contributed by atoms with Gasteiger partial charge in [0.25, 0.3) is 11.7 Å². The molecule has 0 bridgehead atoms. The number of phenols is 1. The van der Waals surface area contributed by atoms with Crippen molar-refractivity contribution in [3.63, 3.8) is 0 Å². The van der Waals surface area contributed by atoms with E-state index in [-0.39, 0.29) is 29.1 Å². The second kappa shape index (κ2) is 9.19. The number of esters is 1. The highest BCUT2D eigenvalue weighted by Crippen LogP contribution is 2.42. The van der Waals surface area contributed by atoms with Gasteiger partial charge in [-0.3, -0.25) is 14.5 Å². The lowest BCUT2D eigenvalue weighted by Gasteiger charge is -2.25. The van der Waals surface area contributed by atoms with Crippen molar-refractivity contribution < 1.29 is 33.7 Å². The lowest BCUT2D eigenvalue weighted by molar-refractivity contribution is -0.132. The number of aliphatic hydroxyl groups is 1. The first kappa shape index (κ1) is 22.7. The number of nitrogens with zero attached hydrogens (tertiary/aromatic N) is 1. The maximum atomic E-state index is 13.4. The standard InChI is InChI=1S/C26H20FNO6/c1-2-34-26(33)16-8-12-19(13-9-16)28-22(17-4-3-5-20(29)14-17)21(24(31)25(28)32)23(30)15-6-10-18(27)11-7-15/h3-14,22,29-30H,2H2,1H3/b23-21+. The minimum Gasteiger partial charge on any atom is -0.508 e. The SMILES string of the molecule is CCOC(=O)c1ccc(N2C(=O)C(=O)/C(=C(/O)c3ccc(F)cc3)C2c2cccc(O)c2)cc1. The number of benzene rings is 3. The average Bonchev–Trinajstić information content (AvgIpc) is 3.10. The van der Waals surface area contributed by atoms with Crippen LogP contribution in [0.15, 0.2) is 78.4 Å². The smallest absolute Gasteiger partial charge is 0.338 e. The molecule has 1 fully saturated rings. The van der Waals surface area contributed by atoms with Crippen LogP contribution in [0, 0.1) is 5.82 Å². The van der Waals surface area contributed by atoms with E-state index in [9.17, 15) is 29.0 Å². The molecule has 1 amide bonds. The predicted octanol–water partition coefficient (Wildman–Crippen LogP) is 4.33. The fourth-order valence-electron chi connectivity index (χ4n) is 3.84. The minimum absolute atomic E-state index is 0.0949. The fourth-order valence-corrected chi connectivity index (χ4v) is 3.84. The van der Waals surface area contributed by atoms with Gasteiger partial charge < -0.3 is 14.9 Å². The zero-order valence-electron chi connectivity index (χ0n) is 18.1. The van der Waals surface area contributed by atoms with E-state index < -0.39 is 35.3 Å². The molecule has 0 aliphatic carbocycles. The van der Waals surface area contributed by atoms with E-state index in [1.54, 1.807) is 19.1 Å². The third kappa shape index (κ3) is 4.13. The molecule has 34 heavy (non-hydrogen) atoms. The Labute approximate surface area is 194 Å². The summed E-state index contributed by atoms with van der Waals surface area (Å²) in [6.07, 6.45) is 0. The Kier molecular flexibility index (Phi) is 6.14. The first-order valence-electron chi connectivity index (χ1n) is 10.4. The van der Waals surface area contributed by atoms with Crippen LogP contribution in [0.2, 0.25) is 0 Å². The second-order valence-corrected chi connectivity index (χ2v) is 7.54. The Hall–Kier alpha value is -4.46. The van der Waals surface area contributed by atoms with Crippen LogP contribution in [-0.2, 0) is 14.3 Å². The van der Waals surface area contributed by atoms with Crippen LogP contribution in [-0.4, -0.2) is 34.5 Å². The van der Waals surface area contributed by atoms with Gasteiger partial charge in [-0.05, 0) is 73.2 Å². The highest BCUT2D eigenvalue weighted by Gasteiger charge is 2.47. The molecule has 0 aromatic heterocycles. The van der Waals surface area contributed by atoms with Gasteiger partial charge in [-0.15, -0.1) is 0 Å². The largest absolute Gasteiger partial charge is 0.508 e. The van der Waals surface area contributed by atoms with E-state index in [0.29, 0.717) is 11.3 Å². The Balaban J connectivity index is 1.86. The van der Waals surface area contributed by atoms with Gasteiger partial charge >= 0.3 is 5.97 Å². The van der Waals surface area contributed by atoms with Crippen molar-refractivity contribution in [2.75, 3.05) is 11.5 Å². The molecule has 1 atom stereocenters. The second-order valence-electron chi connectivity index (χ2n) is 7.54. The number of aliphatic hydroxyl groups excluding tert-OH is 1. The molecule has 7 nitrogen and oxygen atoms in total. The number of anilines is 1. The van der Waals surface area contributed by atoms with Gasteiger partial charge in [-0.25, -0.2) is 9.18 Å². The topological polar surface area (TPSA) is 104 Å². The molecular weight excluding hydrogens is 441 g/mol. The number of hydrogen-bond donors (Lipinski definition) is 2. The third-order valence-corrected chi connectivity index (χ3v) is 5.40. The van der Waals surface area contributed by atoms with Gasteiger partial charge in [0.1, 0.15) is 17.3 Å². The monoisotopic (exact) mass is 461 g/mol. The van der Waals surface area contributed by atoms with E-state index in [0.717, 1.165) is 12.1 Å². The van der Waals surface area contributed by atoms with E-state index in [1.165, 1.54) is 53.4 Å². The summed E-state index contributed by atoms with van der Waals surface area (Å²) in [5, 5.41) is 21.0. The summed E-state index contributed by atoms with van der Waals surface area (Å²) in [7, 11) is 0. The molecule has 3 aromatic rings. The molecule has 1 aliphatic heterocycles. The van der Waals surface area contributed by atoms with E-state index >= 15 is 0 Å². The van der Waals surface area contributed by atoms with Crippen LogP contribution in [0.1, 0.15) is 34.5 Å². The Bertz CT molecular complexity index is 1300. The quantitative estimate of drug-likeness (QED) is 0.254. The number of rotatable bonds is 5. The van der Waals surface area contributed by atoms with Crippen LogP contribution in [0.3, 0.4) is 0 Å². The highest BCUT2D eigenvalue weighted by atomic mass is 19.1. The average molecular weight is 461 g/mol. The predicted molar refractivity (Wildman–Crippen MR) is 122 cm³/mol. The van der Waals surface area contributed by atoms with E-state index in [1.807, 2.05) is 0 Å². The lowest BCUT2D eigenvalue weighted by Crippen LogP contribution is -2.29. The molecule has 1 heterocycles. The van der Waals surface area contributed by atoms with Crippen molar-refractivity contribution in [3.8, 4) is 5.75 Å². The summed E-state index contributed by atoms with van der Waals surface area (Å²) in [4.78, 5) is 39.4. The Morgan fingerprint density at radius 3 is 2.26 bits per heavy atom. The van der Waals surface area contributed by atoms with Gasteiger partial charge in [0, 0.05) is 11.3 Å². The summed E-state index contributed by atoms with van der Waals surface area (Å²) in [6.45, 7) is 1.89. The number of Topliss-reactive ketones (excluding diaryl/α,β-unsaturated/α-hetero) is 1. The molecule has 2 N–H and O–H groups in total. The molecule has 1 unspecified atom stereocenters. The molecule has 8 heteroatoms. The third-order valence-electron chi connectivity index (χ3n) is 5.40. The van der Waals surface area contributed by atoms with Crippen molar-refractivity contribution in [2.45, 2.75) is 13.0 Å². The van der Waals surface area contributed by atoms with Gasteiger partial charge in [0.05, 0.1) is 23.8 Å². The fraction of sp³-hybridized carbons (Fsp3) is 0.115. The molecule has 3 aromatic carbocycles. The number of hydrogen-bond acceptors (Lipinski definition) is 6. The van der Waals surface area contributed by atoms with Gasteiger partial charge in [0.2, 0.25) is 0 Å². The molecular formula is C26H20FNO6. The first-order valence-corrected chi connectivity index (χ1v) is 10.4. The lowest BCUT2D eigenvalue weighted by atomic mass is 9.95. The maximum absolute atomic E-state index is 13.4. The van der Waals surface area contributed by atoms with Gasteiger partial charge in [-0.2, -0.15) is 0 Å². The summed E-state index contributed by atoms with van der Waals surface area (Å²) in [6, 6.07) is 15.7. The number of amides is 1. The van der Waals surface area contributed by atoms with Crippen LogP contribution >= 0.6 is 0 Å². The van der Waals surface area contributed by atoms with Crippen LogP contribution < -0.4 is 4.90 Å². The van der Waals surface area contributed by atoms with Crippen molar-refractivity contribution >= 4 is 29.1 Å². The maximum Gasteiger partial charge on any atom is 0.338 e. The van der Waals surface area contributed by atoms with E-state index in [2.05, 4.69) is 0 Å². The van der Waals surface area contributed by atoms with Gasteiger partial charge in [0.15, 0.2) is 0 Å². The molecule has 0 spiro atoms. The number of phenolic OH excluding ortho intramolecular Hbond substituents is 1. The van der Waals surface area contributed by atoms with Crippen molar-refractivity contribution in [1.29, 1.82) is 0 Å². The summed E-state index contributed by atoms with van der Waals surface area (Å²) in [5.41, 5.74) is 0.875. The molecule has 1 aliphatic rings. The molecule has 0 radical (unpaired) electrons. The molecule has 0 saturated carbocycles. The Morgan fingerprint density at radius 2 is 1.65 bits per heavy atom. The Morgan fingerprint density at radius 1 is 1.00 bits per heavy atom. The number of halogens is 1. The number of ether oxygens (including phenoxy) is 1. The zero-order chi connectivity index (χ0) is 24.4. The minimum atomic E-state index is -1.08. The summed E-state index contributed by atoms with van der Waals surface area (Å²) >= 11 is 0. The van der Waals surface area contributed by atoms with E-state index in [4.69, 9.17) is 4.74 Å². The summed E-state index contributed by atoms with van der Waals surface area (Å²) in [5.74, 6) is -3.47.